The molecule has 2 rings (SSSR count). The Bertz CT molecular complexity index is 1040. The predicted molar refractivity (Wildman–Crippen MR) is 128 cm³/mol. The van der Waals surface area contributed by atoms with E-state index in [1.807, 2.05) is 0 Å². The fourth-order valence-corrected chi connectivity index (χ4v) is 2.87. The summed E-state index contributed by atoms with van der Waals surface area (Å²) in [6, 6.07) is 12.3. The molecule has 2 atom stereocenters. The summed E-state index contributed by atoms with van der Waals surface area (Å²) in [6.07, 6.45) is -1.19. The predicted octanol–water partition coefficient (Wildman–Crippen LogP) is 1.26. The summed E-state index contributed by atoms with van der Waals surface area (Å²) in [7, 11) is 0. The van der Waals surface area contributed by atoms with E-state index in [0.717, 1.165) is 12.1 Å². The number of nitrogens with one attached hydrogen (secondary N) is 4. The van der Waals surface area contributed by atoms with E-state index >= 15 is 0 Å². The summed E-state index contributed by atoms with van der Waals surface area (Å²) in [4.78, 5) is 35.8. The maximum absolute atomic E-state index is 12.3. The molecule has 0 saturated heterocycles. The molecule has 0 bridgehead atoms. The average molecular weight is 467 g/mol. The van der Waals surface area contributed by atoms with Crippen LogP contribution in [-0.2, 0) is 9.59 Å². The van der Waals surface area contributed by atoms with Crippen molar-refractivity contribution < 1.29 is 24.7 Å². The van der Waals surface area contributed by atoms with Gasteiger partial charge in [0.2, 0.25) is 5.91 Å². The molecule has 9 heteroatoms. The molecule has 0 fully saturated rings. The number of aliphatic hydroxyl groups is 1. The van der Waals surface area contributed by atoms with E-state index in [4.69, 9.17) is 5.21 Å². The van der Waals surface area contributed by atoms with Gasteiger partial charge in [0.25, 0.3) is 11.8 Å². The molecule has 0 saturated carbocycles. The molecule has 180 valence electrons. The molecule has 3 amide bonds. The highest BCUT2D eigenvalue weighted by atomic mass is 16.5. The van der Waals surface area contributed by atoms with Gasteiger partial charge < -0.3 is 21.1 Å². The first kappa shape index (κ1) is 26.5. The lowest BCUT2D eigenvalue weighted by Crippen LogP contribution is -2.51. The van der Waals surface area contributed by atoms with E-state index < -0.39 is 24.0 Å². The Balaban J connectivity index is 1.94. The van der Waals surface area contributed by atoms with Crippen LogP contribution in [0.2, 0.25) is 0 Å². The highest BCUT2D eigenvalue weighted by molar-refractivity contribution is 5.97. The summed E-state index contributed by atoms with van der Waals surface area (Å²) in [6.45, 7) is 6.50. The molecule has 34 heavy (non-hydrogen) atoms. The number of rotatable bonds is 9. The fourth-order valence-electron chi connectivity index (χ4n) is 2.87. The van der Waals surface area contributed by atoms with Gasteiger partial charge in [0.05, 0.1) is 12.6 Å². The Kier molecular flexibility index (Phi) is 10.2. The maximum Gasteiger partial charge on any atom is 0.268 e. The standard InChI is InChI=1S/C25H30N4O5/c1-16(2)14-26-15-22(31)27-21-12-8-19(9-13-21)5-4-18-6-10-20(11-7-18)24(32)28-23(17(3)30)25(33)29-34/h6-13,16-17,23,26,30,34H,14-15H2,1-3H3,(H,27,31)(H,28,32)(H,29,33)/t17-,23+/m1/s1. The molecule has 0 aliphatic carbocycles. The summed E-state index contributed by atoms with van der Waals surface area (Å²) in [5.74, 6) is 4.88. The van der Waals surface area contributed by atoms with Gasteiger partial charge in [0.15, 0.2) is 0 Å². The van der Waals surface area contributed by atoms with E-state index in [1.165, 1.54) is 12.4 Å². The lowest BCUT2D eigenvalue weighted by atomic mass is 10.1. The van der Waals surface area contributed by atoms with Gasteiger partial charge in [0.1, 0.15) is 6.04 Å². The minimum Gasteiger partial charge on any atom is -0.391 e. The number of hydrogen-bond donors (Lipinski definition) is 6. The summed E-state index contributed by atoms with van der Waals surface area (Å²) in [5, 5.41) is 26.6. The van der Waals surface area contributed by atoms with Crippen molar-refractivity contribution in [3.8, 4) is 11.8 Å². The van der Waals surface area contributed by atoms with Gasteiger partial charge in [-0.25, -0.2) is 5.48 Å². The van der Waals surface area contributed by atoms with E-state index in [-0.39, 0.29) is 18.0 Å². The Morgan fingerprint density at radius 2 is 1.47 bits per heavy atom. The van der Waals surface area contributed by atoms with E-state index in [9.17, 15) is 19.5 Å². The quantitative estimate of drug-likeness (QED) is 0.187. The van der Waals surface area contributed by atoms with E-state index in [1.54, 1.807) is 48.5 Å². The second-order valence-corrected chi connectivity index (χ2v) is 8.15. The van der Waals surface area contributed by atoms with Crippen molar-refractivity contribution in [2.24, 2.45) is 5.92 Å². The van der Waals surface area contributed by atoms with Gasteiger partial charge in [0, 0.05) is 22.4 Å². The first-order valence-electron chi connectivity index (χ1n) is 10.8. The third kappa shape index (κ3) is 8.67. The van der Waals surface area contributed by atoms with Gasteiger partial charge in [-0.1, -0.05) is 25.7 Å². The molecular formula is C25H30N4O5. The number of carbonyl (C=O) groups excluding carboxylic acids is 3. The molecule has 9 nitrogen and oxygen atoms in total. The van der Waals surface area contributed by atoms with Crippen LogP contribution in [0.5, 0.6) is 0 Å². The van der Waals surface area contributed by atoms with Crippen LogP contribution in [-0.4, -0.2) is 53.3 Å². The Hall–Kier alpha value is -3.71. The Morgan fingerprint density at radius 1 is 0.912 bits per heavy atom. The normalized spacial score (nSPS) is 12.2. The highest BCUT2D eigenvalue weighted by Gasteiger charge is 2.25. The lowest BCUT2D eigenvalue weighted by Gasteiger charge is -2.19. The molecule has 0 aliphatic rings. The third-order valence-electron chi connectivity index (χ3n) is 4.67. The number of amides is 3. The number of anilines is 1. The number of aliphatic hydroxyl groups excluding tert-OH is 1. The Morgan fingerprint density at radius 3 is 1.97 bits per heavy atom. The van der Waals surface area contributed by atoms with E-state index in [0.29, 0.717) is 17.2 Å². The molecule has 0 aromatic heterocycles. The summed E-state index contributed by atoms with van der Waals surface area (Å²) < 4.78 is 0. The topological polar surface area (TPSA) is 140 Å². The van der Waals surface area contributed by atoms with Gasteiger partial charge in [-0.05, 0) is 67.9 Å². The molecule has 0 spiro atoms. The molecule has 0 radical (unpaired) electrons. The molecule has 2 aromatic carbocycles. The zero-order chi connectivity index (χ0) is 25.1. The maximum atomic E-state index is 12.3. The summed E-state index contributed by atoms with van der Waals surface area (Å²) in [5.41, 5.74) is 3.79. The SMILES string of the molecule is CC(C)CNCC(=O)Nc1ccc(C#Cc2ccc(C(=O)N[C@H](C(=O)NO)[C@@H](C)O)cc2)cc1. The largest absolute Gasteiger partial charge is 0.391 e. The van der Waals surface area contributed by atoms with Crippen molar-refractivity contribution in [3.05, 3.63) is 65.2 Å². The van der Waals surface area contributed by atoms with Crippen molar-refractivity contribution in [1.82, 2.24) is 16.1 Å². The minimum absolute atomic E-state index is 0.111. The van der Waals surface area contributed by atoms with Crippen LogP contribution in [0, 0.1) is 17.8 Å². The van der Waals surface area contributed by atoms with Crippen molar-refractivity contribution in [1.29, 1.82) is 0 Å². The van der Waals surface area contributed by atoms with Crippen LogP contribution in [0.4, 0.5) is 5.69 Å². The smallest absolute Gasteiger partial charge is 0.268 e. The van der Waals surface area contributed by atoms with Crippen LogP contribution < -0.4 is 21.4 Å². The van der Waals surface area contributed by atoms with E-state index in [2.05, 4.69) is 41.6 Å². The van der Waals surface area contributed by atoms with Crippen molar-refractivity contribution in [2.75, 3.05) is 18.4 Å². The van der Waals surface area contributed by atoms with Gasteiger partial charge >= 0.3 is 0 Å². The molecular weight excluding hydrogens is 436 g/mol. The third-order valence-corrected chi connectivity index (χ3v) is 4.67. The fraction of sp³-hybridized carbons (Fsp3) is 0.320. The molecule has 6 N–H and O–H groups in total. The average Bonchev–Trinajstić information content (AvgIpc) is 2.81. The van der Waals surface area contributed by atoms with Crippen molar-refractivity contribution in [3.63, 3.8) is 0 Å². The van der Waals surface area contributed by atoms with Crippen LogP contribution >= 0.6 is 0 Å². The van der Waals surface area contributed by atoms with Gasteiger partial charge in [-0.2, -0.15) is 0 Å². The first-order valence-corrected chi connectivity index (χ1v) is 10.8. The van der Waals surface area contributed by atoms with Crippen molar-refractivity contribution in [2.45, 2.75) is 32.9 Å². The lowest BCUT2D eigenvalue weighted by molar-refractivity contribution is -0.133. The van der Waals surface area contributed by atoms with Gasteiger partial charge in [-0.15, -0.1) is 0 Å². The number of benzene rings is 2. The second-order valence-electron chi connectivity index (χ2n) is 8.15. The zero-order valence-electron chi connectivity index (χ0n) is 19.4. The first-order chi connectivity index (χ1) is 16.2. The summed E-state index contributed by atoms with van der Waals surface area (Å²) >= 11 is 0. The van der Waals surface area contributed by atoms with Crippen LogP contribution in [0.15, 0.2) is 48.5 Å². The number of carbonyl (C=O) groups is 3. The van der Waals surface area contributed by atoms with Crippen LogP contribution in [0.25, 0.3) is 0 Å². The van der Waals surface area contributed by atoms with Gasteiger partial charge in [-0.3, -0.25) is 19.6 Å². The number of hydroxylamine groups is 1. The highest BCUT2D eigenvalue weighted by Crippen LogP contribution is 2.10. The van der Waals surface area contributed by atoms with Crippen LogP contribution in [0.3, 0.4) is 0 Å². The monoisotopic (exact) mass is 466 g/mol. The molecule has 2 aromatic rings. The molecule has 0 aliphatic heterocycles. The van der Waals surface area contributed by atoms with Crippen molar-refractivity contribution >= 4 is 23.4 Å². The molecule has 0 unspecified atom stereocenters. The van der Waals surface area contributed by atoms with Crippen LogP contribution in [0.1, 0.15) is 42.3 Å². The second kappa shape index (κ2) is 13.1. The number of hydrogen-bond acceptors (Lipinski definition) is 6. The zero-order valence-corrected chi connectivity index (χ0v) is 19.4. The minimum atomic E-state index is -1.29. The Labute approximate surface area is 198 Å². The molecule has 0 heterocycles.